The van der Waals surface area contributed by atoms with Crippen LogP contribution in [0.25, 0.3) is 22.4 Å². The monoisotopic (exact) mass is 455 g/mol. The first-order valence-corrected chi connectivity index (χ1v) is 11.8. The third-order valence-corrected chi connectivity index (χ3v) is 6.83. The molecule has 174 valence electrons. The van der Waals surface area contributed by atoms with Crippen molar-refractivity contribution < 1.29 is 14.6 Å². The van der Waals surface area contributed by atoms with Gasteiger partial charge in [0.2, 0.25) is 5.88 Å². The van der Waals surface area contributed by atoms with E-state index < -0.39 is 5.97 Å². The van der Waals surface area contributed by atoms with Crippen molar-refractivity contribution in [3.05, 3.63) is 78.0 Å². The van der Waals surface area contributed by atoms with Gasteiger partial charge >= 0.3 is 5.97 Å². The molecule has 1 fully saturated rings. The van der Waals surface area contributed by atoms with Crippen molar-refractivity contribution in [1.82, 2.24) is 14.5 Å². The molecule has 4 aromatic rings. The maximum Gasteiger partial charge on any atom is 0.335 e. The van der Waals surface area contributed by atoms with Crippen LogP contribution in [0.2, 0.25) is 0 Å². The highest BCUT2D eigenvalue weighted by Crippen LogP contribution is 2.43. The Kier molecular flexibility index (Phi) is 5.82. The van der Waals surface area contributed by atoms with E-state index in [4.69, 9.17) is 9.72 Å². The molecule has 6 heteroatoms. The molecule has 1 saturated carbocycles. The summed E-state index contributed by atoms with van der Waals surface area (Å²) in [4.78, 5) is 20.9. The molecule has 0 aliphatic heterocycles. The molecule has 2 aromatic carbocycles. The molecule has 0 atom stereocenters. The van der Waals surface area contributed by atoms with Crippen LogP contribution in [0.4, 0.5) is 0 Å². The number of benzene rings is 2. The van der Waals surface area contributed by atoms with Crippen LogP contribution in [0, 0.1) is 5.41 Å². The Morgan fingerprint density at radius 2 is 1.85 bits per heavy atom. The highest BCUT2D eigenvalue weighted by Gasteiger charge is 2.30. The zero-order chi connectivity index (χ0) is 23.7. The predicted octanol–water partition coefficient (Wildman–Crippen LogP) is 6.52. The number of fused-ring (bicyclic) bond motifs is 1. The average Bonchev–Trinajstić information content (AvgIpc) is 3.22. The number of carboxylic acid groups (broad SMARTS) is 1. The van der Waals surface area contributed by atoms with Gasteiger partial charge in [0.15, 0.2) is 0 Å². The summed E-state index contributed by atoms with van der Waals surface area (Å²) < 4.78 is 8.14. The van der Waals surface area contributed by atoms with Gasteiger partial charge < -0.3 is 14.4 Å². The van der Waals surface area contributed by atoms with Crippen molar-refractivity contribution in [2.24, 2.45) is 5.41 Å². The molecule has 6 nitrogen and oxygen atoms in total. The molecule has 5 rings (SSSR count). The van der Waals surface area contributed by atoms with Gasteiger partial charge in [0, 0.05) is 23.9 Å². The molecule has 0 amide bonds. The number of imidazole rings is 1. The Morgan fingerprint density at radius 1 is 1.09 bits per heavy atom. The standard InChI is InChI=1S/C28H29N3O3/c1-28(2)14-12-22(13-15-28)31-24-10-8-20(27(32)33)16-23(24)30-26(31)21-9-11-25(29-17-21)34-18-19-6-4-3-5-7-19/h3-11,16-17,22H,12-15,18H2,1-2H3,(H,32,33). The summed E-state index contributed by atoms with van der Waals surface area (Å²) in [5.74, 6) is 0.436. The Balaban J connectivity index is 1.48. The Hall–Kier alpha value is -3.67. The number of pyridine rings is 1. The molecule has 2 heterocycles. The minimum Gasteiger partial charge on any atom is -0.478 e. The molecule has 34 heavy (non-hydrogen) atoms. The van der Waals surface area contributed by atoms with Crippen LogP contribution >= 0.6 is 0 Å². The zero-order valence-corrected chi connectivity index (χ0v) is 19.6. The molecule has 1 aliphatic rings. The van der Waals surface area contributed by atoms with Gasteiger partial charge in [-0.1, -0.05) is 44.2 Å². The number of hydrogen-bond acceptors (Lipinski definition) is 4. The molecule has 1 N–H and O–H groups in total. The summed E-state index contributed by atoms with van der Waals surface area (Å²) in [6.45, 7) is 5.11. The van der Waals surface area contributed by atoms with Gasteiger partial charge in [-0.2, -0.15) is 0 Å². The van der Waals surface area contributed by atoms with Crippen molar-refractivity contribution in [2.45, 2.75) is 52.2 Å². The molecule has 0 radical (unpaired) electrons. The Morgan fingerprint density at radius 3 is 2.53 bits per heavy atom. The van der Waals surface area contributed by atoms with Crippen molar-refractivity contribution >= 4 is 17.0 Å². The maximum absolute atomic E-state index is 11.5. The van der Waals surface area contributed by atoms with Crippen molar-refractivity contribution in [2.75, 3.05) is 0 Å². The van der Waals surface area contributed by atoms with E-state index in [1.807, 2.05) is 48.5 Å². The number of carbonyl (C=O) groups is 1. The maximum atomic E-state index is 11.5. The Bertz CT molecular complexity index is 1300. The number of ether oxygens (including phenoxy) is 1. The van der Waals surface area contributed by atoms with Gasteiger partial charge in [0.05, 0.1) is 16.6 Å². The van der Waals surface area contributed by atoms with Crippen LogP contribution in [0.3, 0.4) is 0 Å². The van der Waals surface area contributed by atoms with Crippen LogP contribution in [-0.2, 0) is 6.61 Å². The normalized spacial score (nSPS) is 15.9. The lowest BCUT2D eigenvalue weighted by atomic mass is 9.75. The SMILES string of the molecule is CC1(C)CCC(n2c(-c3ccc(OCc4ccccc4)nc3)nc3cc(C(=O)O)ccc32)CC1. The molecular weight excluding hydrogens is 426 g/mol. The summed E-state index contributed by atoms with van der Waals surface area (Å²) in [6.07, 6.45) is 6.22. The van der Waals surface area contributed by atoms with E-state index in [1.54, 1.807) is 18.3 Å². The second kappa shape index (κ2) is 8.93. The average molecular weight is 456 g/mol. The molecule has 1 aliphatic carbocycles. The van der Waals surface area contributed by atoms with E-state index in [2.05, 4.69) is 23.4 Å². The van der Waals surface area contributed by atoms with E-state index in [9.17, 15) is 9.90 Å². The quantitative estimate of drug-likeness (QED) is 0.358. The van der Waals surface area contributed by atoms with Crippen molar-refractivity contribution in [3.63, 3.8) is 0 Å². The molecular formula is C28H29N3O3. The van der Waals surface area contributed by atoms with Gasteiger partial charge in [-0.25, -0.2) is 14.8 Å². The minimum absolute atomic E-state index is 0.247. The molecule has 0 bridgehead atoms. The fraction of sp³-hybridized carbons (Fsp3) is 0.321. The van der Waals surface area contributed by atoms with Gasteiger partial charge in [-0.15, -0.1) is 0 Å². The fourth-order valence-electron chi connectivity index (χ4n) is 4.78. The fourth-order valence-corrected chi connectivity index (χ4v) is 4.78. The lowest BCUT2D eigenvalue weighted by Crippen LogP contribution is -2.23. The van der Waals surface area contributed by atoms with E-state index in [1.165, 1.54) is 0 Å². The highest BCUT2D eigenvalue weighted by molar-refractivity contribution is 5.93. The Labute approximate surface area is 199 Å². The largest absolute Gasteiger partial charge is 0.478 e. The molecule has 2 aromatic heterocycles. The van der Waals surface area contributed by atoms with Gasteiger partial charge in [-0.3, -0.25) is 0 Å². The third-order valence-electron chi connectivity index (χ3n) is 6.83. The first-order chi connectivity index (χ1) is 16.4. The van der Waals surface area contributed by atoms with E-state index in [-0.39, 0.29) is 5.56 Å². The second-order valence-corrected chi connectivity index (χ2v) is 9.87. The highest BCUT2D eigenvalue weighted by atomic mass is 16.5. The topological polar surface area (TPSA) is 77.2 Å². The van der Waals surface area contributed by atoms with E-state index in [0.29, 0.717) is 29.5 Å². The first-order valence-electron chi connectivity index (χ1n) is 11.8. The second-order valence-electron chi connectivity index (χ2n) is 9.87. The number of hydrogen-bond donors (Lipinski definition) is 1. The zero-order valence-electron chi connectivity index (χ0n) is 19.6. The summed E-state index contributed by atoms with van der Waals surface area (Å²) in [6, 6.07) is 19.4. The summed E-state index contributed by atoms with van der Waals surface area (Å²) >= 11 is 0. The number of aromatic carboxylic acids is 1. The first kappa shape index (κ1) is 22.1. The minimum atomic E-state index is -0.945. The van der Waals surface area contributed by atoms with Crippen LogP contribution in [0.1, 0.15) is 61.5 Å². The van der Waals surface area contributed by atoms with Gasteiger partial charge in [0.1, 0.15) is 12.4 Å². The molecule has 0 spiro atoms. The summed E-state index contributed by atoms with van der Waals surface area (Å²) in [7, 11) is 0. The van der Waals surface area contributed by atoms with Crippen LogP contribution in [0.15, 0.2) is 66.9 Å². The predicted molar refractivity (Wildman–Crippen MR) is 132 cm³/mol. The number of nitrogens with zero attached hydrogens (tertiary/aromatic N) is 3. The number of rotatable bonds is 6. The van der Waals surface area contributed by atoms with Crippen LogP contribution < -0.4 is 4.74 Å². The van der Waals surface area contributed by atoms with Crippen molar-refractivity contribution in [3.8, 4) is 17.3 Å². The van der Waals surface area contributed by atoms with E-state index in [0.717, 1.165) is 48.2 Å². The van der Waals surface area contributed by atoms with Crippen molar-refractivity contribution in [1.29, 1.82) is 0 Å². The van der Waals surface area contributed by atoms with E-state index >= 15 is 0 Å². The molecule has 0 saturated heterocycles. The third kappa shape index (κ3) is 4.53. The summed E-state index contributed by atoms with van der Waals surface area (Å²) in [5.41, 5.74) is 4.24. The summed E-state index contributed by atoms with van der Waals surface area (Å²) in [5, 5.41) is 9.45. The number of carboxylic acids is 1. The number of aromatic nitrogens is 3. The lowest BCUT2D eigenvalue weighted by Gasteiger charge is -2.35. The van der Waals surface area contributed by atoms with Gasteiger partial charge in [0.25, 0.3) is 0 Å². The lowest BCUT2D eigenvalue weighted by molar-refractivity contribution is 0.0697. The smallest absolute Gasteiger partial charge is 0.335 e. The molecule has 0 unspecified atom stereocenters. The van der Waals surface area contributed by atoms with Crippen LogP contribution in [-0.4, -0.2) is 25.6 Å². The van der Waals surface area contributed by atoms with Gasteiger partial charge in [-0.05, 0) is 60.9 Å². The van der Waals surface area contributed by atoms with Crippen LogP contribution in [0.5, 0.6) is 5.88 Å².